The van der Waals surface area contributed by atoms with Gasteiger partial charge in [0.25, 0.3) is 0 Å². The predicted octanol–water partition coefficient (Wildman–Crippen LogP) is 4.34. The number of esters is 2. The van der Waals surface area contributed by atoms with Crippen LogP contribution in [0.5, 0.6) is 0 Å². The zero-order valence-electron chi connectivity index (χ0n) is 21.9. The second-order valence-electron chi connectivity index (χ2n) is 12.3. The molecular formula is C30H38O6. The summed E-state index contributed by atoms with van der Waals surface area (Å²) in [6, 6.07) is 0. The van der Waals surface area contributed by atoms with E-state index >= 15 is 0 Å². The lowest BCUT2D eigenvalue weighted by atomic mass is 9.61. The molecule has 0 unspecified atom stereocenters. The summed E-state index contributed by atoms with van der Waals surface area (Å²) in [6.07, 6.45) is 10.4. The molecule has 6 nitrogen and oxygen atoms in total. The summed E-state index contributed by atoms with van der Waals surface area (Å²) >= 11 is 0. The van der Waals surface area contributed by atoms with Crippen LogP contribution in [0, 0.1) is 29.1 Å². The average Bonchev–Trinajstić information content (AvgIpc) is 2.86. The molecule has 5 aliphatic rings. The smallest absolute Gasteiger partial charge is 0.333 e. The fourth-order valence-electron chi connectivity index (χ4n) is 7.77. The van der Waals surface area contributed by atoms with E-state index in [-0.39, 0.29) is 35.2 Å². The van der Waals surface area contributed by atoms with E-state index in [1.165, 1.54) is 6.08 Å². The average molecular weight is 495 g/mol. The van der Waals surface area contributed by atoms with Crippen LogP contribution >= 0.6 is 0 Å². The fourth-order valence-corrected chi connectivity index (χ4v) is 7.77. The van der Waals surface area contributed by atoms with E-state index in [0.29, 0.717) is 24.8 Å². The number of aliphatic hydroxyl groups is 2. The number of fused-ring (bicyclic) bond motifs is 4. The first-order chi connectivity index (χ1) is 16.8. The molecule has 0 aromatic heterocycles. The molecule has 194 valence electrons. The van der Waals surface area contributed by atoms with Gasteiger partial charge in [0, 0.05) is 35.8 Å². The van der Waals surface area contributed by atoms with E-state index in [4.69, 9.17) is 9.47 Å². The van der Waals surface area contributed by atoms with Gasteiger partial charge in [0.05, 0.1) is 11.7 Å². The minimum absolute atomic E-state index is 0.00234. The Labute approximate surface area is 213 Å². The second-order valence-corrected chi connectivity index (χ2v) is 12.3. The van der Waals surface area contributed by atoms with E-state index in [0.717, 1.165) is 23.1 Å². The highest BCUT2D eigenvalue weighted by Gasteiger charge is 2.62. The van der Waals surface area contributed by atoms with E-state index in [2.05, 4.69) is 26.5 Å². The van der Waals surface area contributed by atoms with Crippen LogP contribution in [0.25, 0.3) is 0 Å². The molecule has 2 heterocycles. The van der Waals surface area contributed by atoms with Crippen LogP contribution in [-0.2, 0) is 19.1 Å². The van der Waals surface area contributed by atoms with Gasteiger partial charge in [0.2, 0.25) is 0 Å². The Bertz CT molecular complexity index is 1140. The van der Waals surface area contributed by atoms with Gasteiger partial charge in [0.15, 0.2) is 0 Å². The Balaban J connectivity index is 1.48. The van der Waals surface area contributed by atoms with Crippen molar-refractivity contribution < 1.29 is 29.3 Å². The van der Waals surface area contributed by atoms with E-state index in [1.807, 2.05) is 26.0 Å². The summed E-state index contributed by atoms with van der Waals surface area (Å²) in [5, 5.41) is 23.6. The monoisotopic (exact) mass is 494 g/mol. The zero-order chi connectivity index (χ0) is 26.2. The molecule has 8 atom stereocenters. The Morgan fingerprint density at radius 2 is 1.89 bits per heavy atom. The fraction of sp³-hybridized carbons (Fsp3) is 0.600. The van der Waals surface area contributed by atoms with Crippen LogP contribution in [0.3, 0.4) is 0 Å². The van der Waals surface area contributed by atoms with Crippen molar-refractivity contribution in [2.75, 3.05) is 0 Å². The van der Waals surface area contributed by atoms with Gasteiger partial charge in [0.1, 0.15) is 11.7 Å². The molecule has 2 aliphatic heterocycles. The van der Waals surface area contributed by atoms with Crippen molar-refractivity contribution in [3.05, 3.63) is 59.3 Å². The Hall–Kier alpha value is -2.44. The SMILES string of the molecule is C=C1C([C@@H](C)[C@H]2CC=C(C)C(=O)O2)=CC[C@]2(C)[C@H]1C[C@]1(O)C=C3C=CC(=O)OC(C)(C)[C@H]3[C@H](O)C[C@@H]21. The van der Waals surface area contributed by atoms with Crippen molar-refractivity contribution in [1.29, 1.82) is 0 Å². The number of hydrogen-bond donors (Lipinski definition) is 2. The lowest BCUT2D eigenvalue weighted by molar-refractivity contribution is -0.157. The molecule has 3 aliphatic carbocycles. The number of rotatable bonds is 2. The first-order valence-electron chi connectivity index (χ1n) is 13.1. The molecule has 0 spiro atoms. The minimum Gasteiger partial charge on any atom is -0.458 e. The van der Waals surface area contributed by atoms with Gasteiger partial charge in [-0.3, -0.25) is 0 Å². The predicted molar refractivity (Wildman–Crippen MR) is 135 cm³/mol. The van der Waals surface area contributed by atoms with Gasteiger partial charge in [-0.15, -0.1) is 0 Å². The number of carbonyl (C=O) groups is 2. The van der Waals surface area contributed by atoms with Crippen LogP contribution < -0.4 is 0 Å². The van der Waals surface area contributed by atoms with E-state index < -0.39 is 29.2 Å². The first-order valence-corrected chi connectivity index (χ1v) is 13.1. The van der Waals surface area contributed by atoms with Gasteiger partial charge < -0.3 is 19.7 Å². The largest absolute Gasteiger partial charge is 0.458 e. The van der Waals surface area contributed by atoms with Crippen molar-refractivity contribution in [3.8, 4) is 0 Å². The van der Waals surface area contributed by atoms with E-state index in [9.17, 15) is 19.8 Å². The quantitative estimate of drug-likeness (QED) is 0.555. The van der Waals surface area contributed by atoms with Crippen molar-refractivity contribution in [1.82, 2.24) is 0 Å². The molecule has 0 radical (unpaired) electrons. The van der Waals surface area contributed by atoms with Gasteiger partial charge in [-0.25, -0.2) is 9.59 Å². The van der Waals surface area contributed by atoms with Crippen molar-refractivity contribution in [2.45, 2.75) is 83.7 Å². The molecule has 2 N–H and O–H groups in total. The molecule has 0 saturated heterocycles. The summed E-state index contributed by atoms with van der Waals surface area (Å²) in [4.78, 5) is 24.3. The Kier molecular flexibility index (Phi) is 5.80. The normalized spacial score (nSPS) is 42.4. The molecular weight excluding hydrogens is 456 g/mol. The van der Waals surface area contributed by atoms with Crippen LogP contribution in [0.4, 0.5) is 0 Å². The molecule has 1 fully saturated rings. The van der Waals surface area contributed by atoms with Crippen molar-refractivity contribution >= 4 is 11.9 Å². The summed E-state index contributed by atoms with van der Waals surface area (Å²) in [5.41, 5.74) is 1.14. The molecule has 36 heavy (non-hydrogen) atoms. The number of aliphatic hydroxyl groups excluding tert-OH is 1. The van der Waals surface area contributed by atoms with E-state index in [1.54, 1.807) is 13.0 Å². The van der Waals surface area contributed by atoms with Crippen molar-refractivity contribution in [3.63, 3.8) is 0 Å². The third-order valence-electron chi connectivity index (χ3n) is 9.73. The molecule has 0 amide bonds. The molecule has 0 aromatic carbocycles. The number of allylic oxidation sites excluding steroid dienone is 3. The van der Waals surface area contributed by atoms with Crippen LogP contribution in [0.2, 0.25) is 0 Å². The first kappa shape index (κ1) is 25.2. The van der Waals surface area contributed by atoms with Crippen LogP contribution in [0.15, 0.2) is 59.3 Å². The highest BCUT2D eigenvalue weighted by atomic mass is 16.6. The number of hydrogen-bond acceptors (Lipinski definition) is 6. The maximum absolute atomic E-state index is 12.2. The maximum Gasteiger partial charge on any atom is 0.333 e. The third kappa shape index (κ3) is 3.76. The third-order valence-corrected chi connectivity index (χ3v) is 9.73. The Morgan fingerprint density at radius 1 is 1.17 bits per heavy atom. The zero-order valence-corrected chi connectivity index (χ0v) is 21.9. The van der Waals surface area contributed by atoms with Crippen LogP contribution in [0.1, 0.15) is 60.3 Å². The number of ether oxygens (including phenoxy) is 2. The highest BCUT2D eigenvalue weighted by Crippen LogP contribution is 2.64. The number of cyclic esters (lactones) is 2. The highest BCUT2D eigenvalue weighted by molar-refractivity contribution is 5.88. The van der Waals surface area contributed by atoms with Gasteiger partial charge in [-0.05, 0) is 74.2 Å². The molecule has 0 bridgehead atoms. The van der Waals surface area contributed by atoms with Gasteiger partial charge in [-0.2, -0.15) is 0 Å². The van der Waals surface area contributed by atoms with Crippen LogP contribution in [-0.4, -0.2) is 45.6 Å². The standard InChI is InChI=1S/C30H38O6/c1-16-7-9-23(35-27(16)33)18(3)20-11-12-29(6)21(17(20)2)15-30(34)14-19-8-10-25(32)36-28(4,5)26(19)22(31)13-24(29)30/h7-8,10-11,14,18,21-24,26,31,34H,2,9,12-13,15H2,1,3-6H3/t18-,21+,22-,23-,24+,26-,29-,30-/m1/s1. The summed E-state index contributed by atoms with van der Waals surface area (Å²) in [6.45, 7) is 14.2. The topological polar surface area (TPSA) is 93.1 Å². The molecule has 0 aromatic rings. The van der Waals surface area contributed by atoms with Crippen molar-refractivity contribution in [2.24, 2.45) is 29.1 Å². The van der Waals surface area contributed by atoms with Gasteiger partial charge >= 0.3 is 11.9 Å². The summed E-state index contributed by atoms with van der Waals surface area (Å²) in [7, 11) is 0. The summed E-state index contributed by atoms with van der Waals surface area (Å²) < 4.78 is 11.4. The summed E-state index contributed by atoms with van der Waals surface area (Å²) in [5.74, 6) is -1.30. The lowest BCUT2D eigenvalue weighted by Gasteiger charge is -2.45. The maximum atomic E-state index is 12.2. The number of carbonyl (C=O) groups excluding carboxylic acids is 2. The lowest BCUT2D eigenvalue weighted by Crippen LogP contribution is -2.45. The minimum atomic E-state index is -1.15. The molecule has 5 rings (SSSR count). The molecule has 1 saturated carbocycles. The van der Waals surface area contributed by atoms with Gasteiger partial charge in [-0.1, -0.05) is 38.7 Å². The Morgan fingerprint density at radius 3 is 2.58 bits per heavy atom. The molecule has 6 heteroatoms. The second kappa shape index (κ2) is 8.29.